The normalized spacial score (nSPS) is 10.5. The van der Waals surface area contributed by atoms with E-state index >= 15 is 0 Å². The minimum Gasteiger partial charge on any atom is -0.328 e. The van der Waals surface area contributed by atoms with E-state index in [2.05, 4.69) is 4.98 Å². The number of ketones is 1. The van der Waals surface area contributed by atoms with Gasteiger partial charge in [0.25, 0.3) is 0 Å². The van der Waals surface area contributed by atoms with Crippen LogP contribution in [0, 0.1) is 0 Å². The molecule has 0 atom stereocenters. The molecule has 1 heterocycles. The number of hydrogen-bond donors (Lipinski definition) is 0. The lowest BCUT2D eigenvalue weighted by molar-refractivity contribution is 0.102. The van der Waals surface area contributed by atoms with Crippen molar-refractivity contribution in [2.75, 3.05) is 0 Å². The Morgan fingerprint density at radius 3 is 2.88 bits per heavy atom. The average Bonchev–Trinajstić information content (AvgIpc) is 2.80. The molecule has 2 aromatic rings. The molecule has 0 radical (unpaired) electrons. The zero-order valence-corrected chi connectivity index (χ0v) is 10.7. The Hall–Kier alpha value is -1.32. The summed E-state index contributed by atoms with van der Waals surface area (Å²) in [6.45, 7) is 2.62. The molecule has 3 nitrogen and oxygen atoms in total. The molecule has 2 rings (SSSR count). The van der Waals surface area contributed by atoms with Crippen molar-refractivity contribution in [3.05, 3.63) is 52.0 Å². The van der Waals surface area contributed by atoms with Gasteiger partial charge in [-0.1, -0.05) is 29.3 Å². The molecule has 0 fully saturated rings. The van der Waals surface area contributed by atoms with Crippen molar-refractivity contribution in [1.29, 1.82) is 0 Å². The number of imidazole rings is 1. The molecule has 17 heavy (non-hydrogen) atoms. The highest BCUT2D eigenvalue weighted by molar-refractivity contribution is 6.44. The van der Waals surface area contributed by atoms with Gasteiger partial charge in [0.05, 0.1) is 10.0 Å². The number of hydrogen-bond acceptors (Lipinski definition) is 2. The fourth-order valence-corrected chi connectivity index (χ4v) is 1.96. The van der Waals surface area contributed by atoms with Crippen molar-refractivity contribution in [1.82, 2.24) is 9.55 Å². The third-order valence-corrected chi connectivity index (χ3v) is 3.27. The van der Waals surface area contributed by atoms with Gasteiger partial charge in [-0.25, -0.2) is 4.98 Å². The molecule has 1 aromatic carbocycles. The van der Waals surface area contributed by atoms with Gasteiger partial charge >= 0.3 is 0 Å². The Morgan fingerprint density at radius 1 is 1.41 bits per heavy atom. The molecule has 88 valence electrons. The number of benzene rings is 1. The van der Waals surface area contributed by atoms with Crippen molar-refractivity contribution in [3.8, 4) is 0 Å². The number of carbonyl (C=O) groups excluding carboxylic acids is 1. The Kier molecular flexibility index (Phi) is 3.50. The summed E-state index contributed by atoms with van der Waals surface area (Å²) in [5, 5.41) is 0.636. The molecule has 5 heteroatoms. The lowest BCUT2D eigenvalue weighted by atomic mass is 10.1. The first-order chi connectivity index (χ1) is 8.15. The van der Waals surface area contributed by atoms with E-state index in [1.807, 2.05) is 6.92 Å². The van der Waals surface area contributed by atoms with E-state index in [-0.39, 0.29) is 10.8 Å². The van der Waals surface area contributed by atoms with E-state index < -0.39 is 0 Å². The van der Waals surface area contributed by atoms with Crippen LogP contribution in [0.25, 0.3) is 0 Å². The third-order valence-electron chi connectivity index (χ3n) is 2.46. The lowest BCUT2D eigenvalue weighted by Crippen LogP contribution is -2.11. The second-order valence-electron chi connectivity index (χ2n) is 3.47. The third kappa shape index (κ3) is 2.21. The number of aryl methyl sites for hydroxylation is 1. The van der Waals surface area contributed by atoms with Crippen LogP contribution in [-0.2, 0) is 6.54 Å². The standard InChI is InChI=1S/C12H10Cl2N2O/c1-2-16-7-6-15-12(16)11(17)8-4-3-5-9(13)10(8)14/h3-7H,2H2,1H3. The molecule has 0 unspecified atom stereocenters. The minimum absolute atomic E-state index is 0.218. The molecule has 0 bridgehead atoms. The summed E-state index contributed by atoms with van der Waals surface area (Å²) in [7, 11) is 0. The molecule has 0 aliphatic carbocycles. The smallest absolute Gasteiger partial charge is 0.229 e. The molecule has 0 amide bonds. The summed E-state index contributed by atoms with van der Waals surface area (Å²) < 4.78 is 1.76. The van der Waals surface area contributed by atoms with Crippen LogP contribution in [0.4, 0.5) is 0 Å². The number of carbonyl (C=O) groups is 1. The average molecular weight is 269 g/mol. The van der Waals surface area contributed by atoms with Crippen LogP contribution in [0.2, 0.25) is 10.0 Å². The first kappa shape index (κ1) is 12.1. The Morgan fingerprint density at radius 2 is 2.18 bits per heavy atom. The van der Waals surface area contributed by atoms with Gasteiger partial charge in [-0.2, -0.15) is 0 Å². The van der Waals surface area contributed by atoms with Gasteiger partial charge in [-0.05, 0) is 19.1 Å². The van der Waals surface area contributed by atoms with Crippen LogP contribution >= 0.6 is 23.2 Å². The monoisotopic (exact) mass is 268 g/mol. The summed E-state index contributed by atoms with van der Waals surface area (Å²) >= 11 is 11.9. The molecule has 0 saturated carbocycles. The predicted octanol–water partition coefficient (Wildman–Crippen LogP) is 3.44. The number of aromatic nitrogens is 2. The van der Waals surface area contributed by atoms with Gasteiger partial charge < -0.3 is 4.57 Å². The second kappa shape index (κ2) is 4.90. The van der Waals surface area contributed by atoms with Crippen LogP contribution in [0.1, 0.15) is 23.1 Å². The van der Waals surface area contributed by atoms with Crippen LogP contribution in [0.15, 0.2) is 30.6 Å². The first-order valence-corrected chi connectivity index (χ1v) is 5.90. The highest BCUT2D eigenvalue weighted by atomic mass is 35.5. The fourth-order valence-electron chi connectivity index (χ4n) is 1.57. The van der Waals surface area contributed by atoms with Crippen molar-refractivity contribution >= 4 is 29.0 Å². The zero-order chi connectivity index (χ0) is 12.4. The largest absolute Gasteiger partial charge is 0.328 e. The molecular formula is C12H10Cl2N2O. The SMILES string of the molecule is CCn1ccnc1C(=O)c1cccc(Cl)c1Cl. The fraction of sp³-hybridized carbons (Fsp3) is 0.167. The molecule has 0 aliphatic heterocycles. The molecular weight excluding hydrogens is 259 g/mol. The van der Waals surface area contributed by atoms with E-state index in [1.165, 1.54) is 0 Å². The molecule has 0 N–H and O–H groups in total. The van der Waals surface area contributed by atoms with E-state index in [0.717, 1.165) is 0 Å². The number of nitrogens with zero attached hydrogens (tertiary/aromatic N) is 2. The van der Waals surface area contributed by atoms with Crippen LogP contribution in [-0.4, -0.2) is 15.3 Å². The summed E-state index contributed by atoms with van der Waals surface area (Å²) in [6.07, 6.45) is 3.35. The summed E-state index contributed by atoms with van der Waals surface area (Å²) in [5.41, 5.74) is 0.375. The highest BCUT2D eigenvalue weighted by Gasteiger charge is 2.18. The number of halogens is 2. The molecule has 0 saturated heterocycles. The van der Waals surface area contributed by atoms with Gasteiger partial charge in [0.2, 0.25) is 5.78 Å². The minimum atomic E-state index is -0.218. The van der Waals surface area contributed by atoms with Crippen molar-refractivity contribution in [2.24, 2.45) is 0 Å². The van der Waals surface area contributed by atoms with Crippen LogP contribution in [0.3, 0.4) is 0 Å². The maximum atomic E-state index is 12.2. The molecule has 0 aliphatic rings. The van der Waals surface area contributed by atoms with E-state index in [0.29, 0.717) is 23.0 Å². The molecule has 0 spiro atoms. The van der Waals surface area contributed by atoms with Crippen molar-refractivity contribution in [3.63, 3.8) is 0 Å². The van der Waals surface area contributed by atoms with Gasteiger partial charge in [-0.15, -0.1) is 0 Å². The van der Waals surface area contributed by atoms with Gasteiger partial charge in [0, 0.05) is 24.5 Å². The van der Waals surface area contributed by atoms with Crippen molar-refractivity contribution < 1.29 is 4.79 Å². The number of rotatable bonds is 3. The van der Waals surface area contributed by atoms with E-state index in [1.54, 1.807) is 35.2 Å². The first-order valence-electron chi connectivity index (χ1n) is 5.15. The van der Waals surface area contributed by atoms with Crippen molar-refractivity contribution in [2.45, 2.75) is 13.5 Å². The summed E-state index contributed by atoms with van der Waals surface area (Å²) in [5.74, 6) is 0.154. The Bertz CT molecular complexity index is 563. The second-order valence-corrected chi connectivity index (χ2v) is 4.25. The topological polar surface area (TPSA) is 34.9 Å². The predicted molar refractivity (Wildman–Crippen MR) is 67.8 cm³/mol. The Balaban J connectivity index is 2.48. The van der Waals surface area contributed by atoms with Crippen LogP contribution in [0.5, 0.6) is 0 Å². The van der Waals surface area contributed by atoms with E-state index in [4.69, 9.17) is 23.2 Å². The summed E-state index contributed by atoms with van der Waals surface area (Å²) in [6, 6.07) is 4.98. The maximum absolute atomic E-state index is 12.2. The van der Waals surface area contributed by atoms with Gasteiger partial charge in [-0.3, -0.25) is 4.79 Å². The quantitative estimate of drug-likeness (QED) is 0.800. The van der Waals surface area contributed by atoms with Gasteiger partial charge in [0.1, 0.15) is 0 Å². The Labute approximate surface area is 109 Å². The van der Waals surface area contributed by atoms with E-state index in [9.17, 15) is 4.79 Å². The molecule has 1 aromatic heterocycles. The lowest BCUT2D eigenvalue weighted by Gasteiger charge is -2.06. The van der Waals surface area contributed by atoms with Gasteiger partial charge in [0.15, 0.2) is 5.82 Å². The summed E-state index contributed by atoms with van der Waals surface area (Å²) in [4.78, 5) is 16.3. The highest BCUT2D eigenvalue weighted by Crippen LogP contribution is 2.27. The van der Waals surface area contributed by atoms with Crippen LogP contribution < -0.4 is 0 Å². The zero-order valence-electron chi connectivity index (χ0n) is 9.15. The maximum Gasteiger partial charge on any atom is 0.229 e.